The Labute approximate surface area is 425 Å². The summed E-state index contributed by atoms with van der Waals surface area (Å²) >= 11 is 0. The van der Waals surface area contributed by atoms with Crippen LogP contribution in [0.15, 0.2) is 116 Å². The molecule has 4 aliphatic heterocycles. The second-order valence-electron chi connectivity index (χ2n) is 19.6. The smallest absolute Gasteiger partial charge is 0.257 e. The van der Waals surface area contributed by atoms with E-state index in [0.717, 1.165) is 56.6 Å². The molecule has 0 bridgehead atoms. The monoisotopic (exact) mass is 991 g/mol. The molecule has 4 fully saturated rings. The van der Waals surface area contributed by atoms with Gasteiger partial charge in [-0.05, 0) is 87.0 Å². The summed E-state index contributed by atoms with van der Waals surface area (Å²) in [6.45, 7) is 10.6. The van der Waals surface area contributed by atoms with Crippen LogP contribution in [0.1, 0.15) is 109 Å². The lowest BCUT2D eigenvalue weighted by Gasteiger charge is -2.44. The van der Waals surface area contributed by atoms with Gasteiger partial charge in [0.25, 0.3) is 33.5 Å². The fourth-order valence-electron chi connectivity index (χ4n) is 11.0. The lowest BCUT2D eigenvalue weighted by atomic mass is 9.99. The van der Waals surface area contributed by atoms with Crippen molar-refractivity contribution in [1.82, 2.24) is 19.6 Å². The molecule has 0 saturated carbocycles. The van der Waals surface area contributed by atoms with Crippen molar-refractivity contribution in [2.24, 2.45) is 0 Å². The van der Waals surface area contributed by atoms with Crippen LogP contribution in [-0.4, -0.2) is 108 Å². The third-order valence-electron chi connectivity index (χ3n) is 15.2. The van der Waals surface area contributed by atoms with Crippen molar-refractivity contribution < 1.29 is 19.4 Å². The van der Waals surface area contributed by atoms with Crippen molar-refractivity contribution in [2.45, 2.75) is 89.4 Å². The van der Waals surface area contributed by atoms with E-state index in [9.17, 15) is 33.9 Å². The molecule has 382 valence electrons. The Morgan fingerprint density at radius 2 is 0.986 bits per heavy atom. The number of piperidine rings is 2. The molecule has 0 spiro atoms. The van der Waals surface area contributed by atoms with E-state index in [0.29, 0.717) is 61.7 Å². The summed E-state index contributed by atoms with van der Waals surface area (Å²) in [5.41, 5.74) is 1.75. The van der Waals surface area contributed by atoms with Gasteiger partial charge in [-0.3, -0.25) is 38.6 Å². The predicted molar refractivity (Wildman–Crippen MR) is 287 cm³/mol. The van der Waals surface area contributed by atoms with Crippen LogP contribution in [0, 0.1) is 0 Å². The maximum absolute atomic E-state index is 13.6. The fraction of sp³-hybridized carbons (Fsp3) is 0.404. The molecule has 4 atom stereocenters. The molecule has 4 heterocycles. The zero-order valence-corrected chi connectivity index (χ0v) is 42.0. The quantitative estimate of drug-likeness (QED) is 0.0501. The zero-order chi connectivity index (χ0) is 51.2. The first-order valence-electron chi connectivity index (χ1n) is 25.9. The van der Waals surface area contributed by atoms with Gasteiger partial charge in [0.15, 0.2) is 11.5 Å². The lowest BCUT2D eigenvalue weighted by molar-refractivity contribution is 0.0367. The highest BCUT2D eigenvalue weighted by Gasteiger charge is 2.35. The van der Waals surface area contributed by atoms with Gasteiger partial charge in [-0.1, -0.05) is 99.5 Å². The average Bonchev–Trinajstić information content (AvgIpc) is 3.44. The van der Waals surface area contributed by atoms with Gasteiger partial charge in [0.1, 0.15) is 22.7 Å². The van der Waals surface area contributed by atoms with Crippen molar-refractivity contribution in [3.8, 4) is 11.5 Å². The highest BCUT2D eigenvalue weighted by atomic mass is 16.5. The number of hydrogen-bond donors (Lipinski definition) is 5. The summed E-state index contributed by atoms with van der Waals surface area (Å²) in [5, 5.41) is 23.4. The summed E-state index contributed by atoms with van der Waals surface area (Å²) in [5.74, 6) is -0.153. The Kier molecular flexibility index (Phi) is 15.7. The molecular formula is C57H66N8O8. The molecule has 16 nitrogen and oxygen atoms in total. The van der Waals surface area contributed by atoms with Crippen LogP contribution in [0.25, 0.3) is 0 Å². The Hall–Kier alpha value is -7.30. The van der Waals surface area contributed by atoms with Gasteiger partial charge in [0.05, 0.1) is 41.7 Å². The van der Waals surface area contributed by atoms with E-state index in [2.05, 4.69) is 31.1 Å². The second-order valence-corrected chi connectivity index (χ2v) is 19.6. The SMILES string of the molecule is CC[C@@H](Nc1c(Nc2cccc(C(=O)N3CCN4CCCCC4C3)c2O)c(=O)c1=O)c1ccccc1.CC[C@@H](Nc1c(Nc2cccc(C(=O)N3CCN4CCCCC4C3)c2OC)c(=O)c1=O)c1ccccc1. The number of para-hydroxylation sites is 2. The summed E-state index contributed by atoms with van der Waals surface area (Å²) in [4.78, 5) is 85.4. The topological polar surface area (TPSA) is 193 Å². The molecule has 16 heteroatoms. The molecule has 4 saturated heterocycles. The summed E-state index contributed by atoms with van der Waals surface area (Å²) in [7, 11) is 1.51. The number of phenolic OH excluding ortho intramolecular Hbond substituents is 1. The van der Waals surface area contributed by atoms with Crippen molar-refractivity contribution in [3.63, 3.8) is 0 Å². The van der Waals surface area contributed by atoms with Gasteiger partial charge < -0.3 is 40.9 Å². The van der Waals surface area contributed by atoms with Crippen LogP contribution in [-0.2, 0) is 0 Å². The van der Waals surface area contributed by atoms with Crippen molar-refractivity contribution >= 4 is 45.9 Å². The Morgan fingerprint density at radius 3 is 1.47 bits per heavy atom. The van der Waals surface area contributed by atoms with E-state index in [1.165, 1.54) is 32.8 Å². The molecule has 0 aliphatic carbocycles. The number of hydrogen-bond acceptors (Lipinski definition) is 14. The molecule has 0 aromatic heterocycles. The predicted octanol–water partition coefficient (Wildman–Crippen LogP) is 7.51. The number of phenols is 1. The molecule has 4 aliphatic rings. The molecule has 73 heavy (non-hydrogen) atoms. The maximum atomic E-state index is 13.6. The first kappa shape index (κ1) is 50.6. The van der Waals surface area contributed by atoms with Crippen LogP contribution in [0.4, 0.5) is 34.1 Å². The number of amides is 2. The minimum absolute atomic E-state index is 0.0795. The number of nitrogens with zero attached hydrogens (tertiary/aromatic N) is 4. The average molecular weight is 991 g/mol. The zero-order valence-electron chi connectivity index (χ0n) is 42.0. The van der Waals surface area contributed by atoms with Crippen LogP contribution < -0.4 is 47.7 Å². The van der Waals surface area contributed by atoms with E-state index in [1.54, 1.807) is 41.3 Å². The van der Waals surface area contributed by atoms with E-state index in [1.807, 2.05) is 79.4 Å². The number of carbonyl (C=O) groups excluding carboxylic acids is 2. The summed E-state index contributed by atoms with van der Waals surface area (Å²) in [6, 6.07) is 30.2. The van der Waals surface area contributed by atoms with Gasteiger partial charge in [0, 0.05) is 51.4 Å². The van der Waals surface area contributed by atoms with Gasteiger partial charge in [-0.25, -0.2) is 0 Å². The highest BCUT2D eigenvalue weighted by molar-refractivity contribution is 6.00. The Morgan fingerprint density at radius 1 is 0.548 bits per heavy atom. The number of nitrogens with one attached hydrogen (secondary N) is 4. The standard InChI is InChI=1S/C29H34N4O4.C28H32N4O4/c1-3-22(19-10-5-4-6-11-19)30-24-25(27(35)26(24)34)31-23-14-9-13-21(28(23)37-2)29(36)33-17-16-32-15-8-7-12-20(32)18-33;1-2-21(18-9-4-3-5-10-18)29-23-24(27(35)26(23)34)30-22-13-8-12-20(25(22)33)28(36)32-16-15-31-14-7-6-11-19(31)17-32/h4-6,9-11,13-14,20,22,30-31H,3,7-8,12,15-18H2,1-2H3;3-5,8-10,12-13,19,21,29-30,33H,2,6-7,11,14-17H2,1H3/t20?,22-;19?,21-/m11/s1. The second kappa shape index (κ2) is 22.6. The van der Waals surface area contributed by atoms with Gasteiger partial charge in [0.2, 0.25) is 0 Å². The number of ether oxygens (including phenoxy) is 1. The number of carbonyl (C=O) groups is 2. The fourth-order valence-corrected chi connectivity index (χ4v) is 11.0. The minimum Gasteiger partial charge on any atom is -0.505 e. The van der Waals surface area contributed by atoms with Crippen molar-refractivity contribution in [3.05, 3.63) is 160 Å². The van der Waals surface area contributed by atoms with Crippen LogP contribution in [0.2, 0.25) is 0 Å². The minimum atomic E-state index is -0.648. The van der Waals surface area contributed by atoms with Gasteiger partial charge in [-0.2, -0.15) is 0 Å². The molecular weight excluding hydrogens is 925 g/mol. The van der Waals surface area contributed by atoms with Crippen LogP contribution in [0.5, 0.6) is 11.5 Å². The number of benzene rings is 4. The van der Waals surface area contributed by atoms with E-state index >= 15 is 0 Å². The third-order valence-corrected chi connectivity index (χ3v) is 15.2. The molecule has 5 N–H and O–H groups in total. The molecule has 6 aromatic rings. The normalized spacial score (nSPS) is 18.9. The number of anilines is 6. The molecule has 10 rings (SSSR count). The van der Waals surface area contributed by atoms with E-state index in [-0.39, 0.29) is 63.6 Å². The van der Waals surface area contributed by atoms with Crippen molar-refractivity contribution in [1.29, 1.82) is 0 Å². The van der Waals surface area contributed by atoms with Crippen molar-refractivity contribution in [2.75, 3.05) is 80.7 Å². The van der Waals surface area contributed by atoms with Gasteiger partial charge >= 0.3 is 0 Å². The molecule has 6 aromatic carbocycles. The number of methoxy groups -OCH3 is 1. The Bertz CT molecular complexity index is 3060. The number of rotatable bonds is 15. The number of aromatic hydroxyl groups is 1. The van der Waals surface area contributed by atoms with Crippen LogP contribution in [0.3, 0.4) is 0 Å². The number of piperazine rings is 2. The van der Waals surface area contributed by atoms with Gasteiger partial charge in [-0.15, -0.1) is 0 Å². The summed E-state index contributed by atoms with van der Waals surface area (Å²) in [6.07, 6.45) is 8.46. The third kappa shape index (κ3) is 10.6. The molecule has 2 unspecified atom stereocenters. The highest BCUT2D eigenvalue weighted by Crippen LogP contribution is 2.37. The first-order chi connectivity index (χ1) is 35.5. The lowest BCUT2D eigenvalue weighted by Crippen LogP contribution is -2.56. The largest absolute Gasteiger partial charge is 0.505 e. The Balaban J connectivity index is 0.000000180. The molecule has 2 amide bonds. The maximum Gasteiger partial charge on any atom is 0.257 e. The van der Waals surface area contributed by atoms with E-state index in [4.69, 9.17) is 4.74 Å². The summed E-state index contributed by atoms with van der Waals surface area (Å²) < 4.78 is 5.67. The number of fused-ring (bicyclic) bond motifs is 2. The molecule has 0 radical (unpaired) electrons. The van der Waals surface area contributed by atoms with E-state index < -0.39 is 21.7 Å². The first-order valence-corrected chi connectivity index (χ1v) is 25.9. The van der Waals surface area contributed by atoms with Crippen LogP contribution >= 0.6 is 0 Å².